The first-order valence-corrected chi connectivity index (χ1v) is 9.43. The second-order valence-corrected chi connectivity index (χ2v) is 7.01. The van der Waals surface area contributed by atoms with Crippen LogP contribution in [0, 0.1) is 12.7 Å². The highest BCUT2D eigenvalue weighted by Crippen LogP contribution is 2.28. The van der Waals surface area contributed by atoms with E-state index in [4.69, 9.17) is 4.74 Å². The second kappa shape index (κ2) is 8.00. The Kier molecular flexibility index (Phi) is 5.38. The average molecular weight is 438 g/mol. The molecule has 1 aromatic carbocycles. The first kappa shape index (κ1) is 20.8. The molecule has 1 aliphatic heterocycles. The van der Waals surface area contributed by atoms with E-state index in [2.05, 4.69) is 15.1 Å². The Balaban J connectivity index is 1.42. The van der Waals surface area contributed by atoms with Crippen LogP contribution >= 0.6 is 0 Å². The number of halogens is 4. The lowest BCUT2D eigenvalue weighted by molar-refractivity contribution is -0.144. The van der Waals surface area contributed by atoms with Crippen LogP contribution in [0.5, 0.6) is 5.75 Å². The lowest BCUT2D eigenvalue weighted by atomic mass is 10.3. The summed E-state index contributed by atoms with van der Waals surface area (Å²) in [6.07, 6.45) is -4.67. The molecule has 4 rings (SSSR count). The largest absolute Gasteiger partial charge is 0.484 e. The van der Waals surface area contributed by atoms with E-state index >= 15 is 0 Å². The van der Waals surface area contributed by atoms with Crippen LogP contribution < -0.4 is 9.64 Å². The number of rotatable bonds is 4. The maximum atomic E-state index is 13.0. The molecule has 3 aromatic rings. The molecule has 1 fully saturated rings. The molecular formula is C19H18F4N6O2. The maximum absolute atomic E-state index is 13.0. The van der Waals surface area contributed by atoms with Crippen LogP contribution in [-0.2, 0) is 11.0 Å². The Morgan fingerprint density at radius 2 is 1.77 bits per heavy atom. The van der Waals surface area contributed by atoms with Crippen molar-refractivity contribution < 1.29 is 27.1 Å². The fraction of sp³-hybridized carbons (Fsp3) is 0.368. The number of carbonyl (C=O) groups is 1. The number of anilines is 1. The number of aromatic nitrogens is 4. The molecule has 0 N–H and O–H groups in total. The molecule has 0 radical (unpaired) electrons. The SMILES string of the molecule is Cc1cc(N2CCN(C(=O)COc3ccc(F)cc3)CC2)n2nc(C(F)(F)F)nc2n1. The van der Waals surface area contributed by atoms with Crippen LogP contribution in [0.1, 0.15) is 11.5 Å². The zero-order valence-corrected chi connectivity index (χ0v) is 16.4. The standard InChI is InChI=1S/C19H18F4N6O2/c1-12-10-15(29-18(24-12)25-17(26-29)19(21,22)23)27-6-8-28(9-7-27)16(30)11-31-14-4-2-13(20)3-5-14/h2-5,10H,6-9,11H2,1H3. The number of ether oxygens (including phenoxy) is 1. The molecule has 164 valence electrons. The average Bonchev–Trinajstić information content (AvgIpc) is 3.17. The third-order valence-electron chi connectivity index (χ3n) is 4.81. The first-order chi connectivity index (χ1) is 14.7. The fourth-order valence-electron chi connectivity index (χ4n) is 3.27. The van der Waals surface area contributed by atoms with Gasteiger partial charge in [0.15, 0.2) is 6.61 Å². The van der Waals surface area contributed by atoms with Crippen molar-refractivity contribution in [1.29, 1.82) is 0 Å². The van der Waals surface area contributed by atoms with E-state index in [1.807, 2.05) is 4.90 Å². The first-order valence-electron chi connectivity index (χ1n) is 9.43. The van der Waals surface area contributed by atoms with Gasteiger partial charge in [0.1, 0.15) is 17.4 Å². The summed E-state index contributed by atoms with van der Waals surface area (Å²) < 4.78 is 58.4. The van der Waals surface area contributed by atoms with Gasteiger partial charge in [-0.3, -0.25) is 4.79 Å². The van der Waals surface area contributed by atoms with Gasteiger partial charge in [0.25, 0.3) is 17.5 Å². The lowest BCUT2D eigenvalue weighted by Gasteiger charge is -2.35. The van der Waals surface area contributed by atoms with Crippen molar-refractivity contribution in [2.75, 3.05) is 37.7 Å². The van der Waals surface area contributed by atoms with E-state index in [1.165, 1.54) is 24.3 Å². The number of piperazine rings is 1. The quantitative estimate of drug-likeness (QED) is 0.582. The summed E-state index contributed by atoms with van der Waals surface area (Å²) in [6, 6.07) is 6.99. The highest BCUT2D eigenvalue weighted by molar-refractivity contribution is 5.78. The van der Waals surface area contributed by atoms with Crippen molar-refractivity contribution >= 4 is 17.5 Å². The summed E-state index contributed by atoms with van der Waals surface area (Å²) >= 11 is 0. The summed E-state index contributed by atoms with van der Waals surface area (Å²) in [4.78, 5) is 23.4. The van der Waals surface area contributed by atoms with Crippen molar-refractivity contribution in [3.63, 3.8) is 0 Å². The molecular weight excluding hydrogens is 420 g/mol. The smallest absolute Gasteiger partial charge is 0.453 e. The van der Waals surface area contributed by atoms with Crippen molar-refractivity contribution in [3.05, 3.63) is 47.7 Å². The number of hydrogen-bond donors (Lipinski definition) is 0. The van der Waals surface area contributed by atoms with Gasteiger partial charge in [-0.2, -0.15) is 22.7 Å². The minimum Gasteiger partial charge on any atom is -0.484 e. The zero-order chi connectivity index (χ0) is 22.2. The third-order valence-corrected chi connectivity index (χ3v) is 4.81. The van der Waals surface area contributed by atoms with Crippen molar-refractivity contribution in [2.45, 2.75) is 13.1 Å². The molecule has 0 saturated carbocycles. The van der Waals surface area contributed by atoms with E-state index in [0.29, 0.717) is 43.4 Å². The molecule has 2 aromatic heterocycles. The third kappa shape index (κ3) is 4.52. The van der Waals surface area contributed by atoms with Gasteiger partial charge >= 0.3 is 6.18 Å². The molecule has 31 heavy (non-hydrogen) atoms. The van der Waals surface area contributed by atoms with E-state index in [-0.39, 0.29) is 18.3 Å². The topological polar surface area (TPSA) is 75.9 Å². The molecule has 8 nitrogen and oxygen atoms in total. The van der Waals surface area contributed by atoms with Gasteiger partial charge in [-0.15, -0.1) is 5.10 Å². The molecule has 0 aliphatic carbocycles. The number of hydrogen-bond acceptors (Lipinski definition) is 6. The number of alkyl halides is 3. The van der Waals surface area contributed by atoms with E-state index < -0.39 is 17.8 Å². The van der Waals surface area contributed by atoms with Crippen LogP contribution in [0.4, 0.5) is 23.4 Å². The van der Waals surface area contributed by atoms with E-state index in [9.17, 15) is 22.4 Å². The Morgan fingerprint density at radius 1 is 1.10 bits per heavy atom. The van der Waals surface area contributed by atoms with Crippen LogP contribution in [0.3, 0.4) is 0 Å². The number of amides is 1. The van der Waals surface area contributed by atoms with Crippen LogP contribution in [0.2, 0.25) is 0 Å². The summed E-state index contributed by atoms with van der Waals surface area (Å²) in [5, 5.41) is 3.57. The highest BCUT2D eigenvalue weighted by Gasteiger charge is 2.37. The van der Waals surface area contributed by atoms with Crippen molar-refractivity contribution in [3.8, 4) is 5.75 Å². The lowest BCUT2D eigenvalue weighted by Crippen LogP contribution is -2.50. The molecule has 0 atom stereocenters. The van der Waals surface area contributed by atoms with Gasteiger partial charge in [0.2, 0.25) is 0 Å². The van der Waals surface area contributed by atoms with Gasteiger partial charge in [-0.1, -0.05) is 0 Å². The summed E-state index contributed by atoms with van der Waals surface area (Å²) in [5.74, 6) is -1.20. The van der Waals surface area contributed by atoms with E-state index in [0.717, 1.165) is 4.52 Å². The van der Waals surface area contributed by atoms with E-state index in [1.54, 1.807) is 17.9 Å². The van der Waals surface area contributed by atoms with Gasteiger partial charge in [0, 0.05) is 37.9 Å². The summed E-state index contributed by atoms with van der Waals surface area (Å²) in [7, 11) is 0. The van der Waals surface area contributed by atoms with Crippen LogP contribution in [0.15, 0.2) is 30.3 Å². The second-order valence-electron chi connectivity index (χ2n) is 7.01. The minimum absolute atomic E-state index is 0.131. The molecule has 0 unspecified atom stereocenters. The Labute approximate surface area is 174 Å². The Bertz CT molecular complexity index is 1090. The molecule has 0 bridgehead atoms. The number of carbonyl (C=O) groups excluding carboxylic acids is 1. The number of aryl methyl sites for hydroxylation is 1. The van der Waals surface area contributed by atoms with Crippen LogP contribution in [-0.4, -0.2) is 63.2 Å². The van der Waals surface area contributed by atoms with Crippen molar-refractivity contribution in [1.82, 2.24) is 24.5 Å². The number of nitrogens with zero attached hydrogens (tertiary/aromatic N) is 6. The molecule has 12 heteroatoms. The van der Waals surface area contributed by atoms with Gasteiger partial charge in [0.05, 0.1) is 0 Å². The fourth-order valence-corrected chi connectivity index (χ4v) is 3.27. The monoisotopic (exact) mass is 438 g/mol. The Hall–Kier alpha value is -3.44. The number of benzene rings is 1. The number of fused-ring (bicyclic) bond motifs is 1. The molecule has 1 amide bonds. The summed E-state index contributed by atoms with van der Waals surface area (Å²) in [6.45, 7) is 2.97. The maximum Gasteiger partial charge on any atom is 0.453 e. The molecule has 3 heterocycles. The summed E-state index contributed by atoms with van der Waals surface area (Å²) in [5.41, 5.74) is 0.509. The van der Waals surface area contributed by atoms with Gasteiger partial charge in [-0.25, -0.2) is 9.37 Å². The molecule has 0 spiro atoms. The van der Waals surface area contributed by atoms with Crippen LogP contribution in [0.25, 0.3) is 5.78 Å². The molecule has 1 saturated heterocycles. The zero-order valence-electron chi connectivity index (χ0n) is 16.4. The Morgan fingerprint density at radius 3 is 2.42 bits per heavy atom. The van der Waals surface area contributed by atoms with Crippen molar-refractivity contribution in [2.24, 2.45) is 0 Å². The molecule has 1 aliphatic rings. The normalized spacial score (nSPS) is 14.9. The predicted octanol–water partition coefficient (Wildman–Crippen LogP) is 2.32. The van der Waals surface area contributed by atoms with Gasteiger partial charge in [-0.05, 0) is 31.2 Å². The minimum atomic E-state index is -4.67. The highest BCUT2D eigenvalue weighted by atomic mass is 19.4. The predicted molar refractivity (Wildman–Crippen MR) is 101 cm³/mol. The van der Waals surface area contributed by atoms with Gasteiger partial charge < -0.3 is 14.5 Å².